The maximum absolute atomic E-state index is 2.48. The SMILES string of the molecule is CCCCC(C)CCC(C)C(CC)C(C)CC. The molecule has 104 valence electrons. The Labute approximate surface area is 111 Å². The third kappa shape index (κ3) is 7.11. The Morgan fingerprint density at radius 2 is 1.35 bits per heavy atom. The topological polar surface area (TPSA) is 0 Å². The number of unbranched alkanes of at least 4 members (excludes halogenated alkanes) is 1. The van der Waals surface area contributed by atoms with Crippen molar-refractivity contribution >= 4 is 0 Å². The Kier molecular flexibility index (Phi) is 9.97. The van der Waals surface area contributed by atoms with Crippen LogP contribution in [0.15, 0.2) is 0 Å². The molecule has 4 unspecified atom stereocenters. The second-order valence-electron chi connectivity index (χ2n) is 6.26. The summed E-state index contributed by atoms with van der Waals surface area (Å²) < 4.78 is 0. The fourth-order valence-corrected chi connectivity index (χ4v) is 3.13. The largest absolute Gasteiger partial charge is 0.0654 e. The lowest BCUT2D eigenvalue weighted by molar-refractivity contribution is 0.218. The molecule has 0 spiro atoms. The highest BCUT2D eigenvalue weighted by Crippen LogP contribution is 2.31. The highest BCUT2D eigenvalue weighted by molar-refractivity contribution is 4.71. The third-order valence-electron chi connectivity index (χ3n) is 4.74. The van der Waals surface area contributed by atoms with Crippen molar-refractivity contribution in [2.24, 2.45) is 23.7 Å². The molecular weight excluding hydrogens is 204 g/mol. The molecule has 4 atom stereocenters. The van der Waals surface area contributed by atoms with Gasteiger partial charge in [-0.3, -0.25) is 0 Å². The first-order valence-corrected chi connectivity index (χ1v) is 8.06. The zero-order valence-corrected chi connectivity index (χ0v) is 13.3. The molecule has 0 heteroatoms. The Morgan fingerprint density at radius 1 is 0.706 bits per heavy atom. The standard InChI is InChI=1S/C17H36/c1-7-10-11-14(4)12-13-16(6)17(9-3)15(5)8-2/h14-17H,7-13H2,1-6H3. The second kappa shape index (κ2) is 9.97. The summed E-state index contributed by atoms with van der Waals surface area (Å²) in [5.74, 6) is 3.70. The molecule has 0 bridgehead atoms. The van der Waals surface area contributed by atoms with E-state index in [1.165, 1.54) is 44.9 Å². The second-order valence-corrected chi connectivity index (χ2v) is 6.26. The molecule has 0 fully saturated rings. The van der Waals surface area contributed by atoms with E-state index >= 15 is 0 Å². The van der Waals surface area contributed by atoms with Crippen molar-refractivity contribution in [1.29, 1.82) is 0 Å². The molecule has 0 nitrogen and oxygen atoms in total. The molecule has 0 heterocycles. The Hall–Kier alpha value is 0. The first kappa shape index (κ1) is 17.0. The van der Waals surface area contributed by atoms with Gasteiger partial charge >= 0.3 is 0 Å². The molecule has 0 saturated carbocycles. The quantitative estimate of drug-likeness (QED) is 0.420. The zero-order valence-electron chi connectivity index (χ0n) is 13.3. The molecule has 17 heavy (non-hydrogen) atoms. The van der Waals surface area contributed by atoms with Gasteiger partial charge in [0, 0.05) is 0 Å². The highest BCUT2D eigenvalue weighted by atomic mass is 14.3. The monoisotopic (exact) mass is 240 g/mol. The van der Waals surface area contributed by atoms with E-state index < -0.39 is 0 Å². The maximum atomic E-state index is 2.48. The van der Waals surface area contributed by atoms with Crippen LogP contribution in [0.4, 0.5) is 0 Å². The third-order valence-corrected chi connectivity index (χ3v) is 4.74. The molecular formula is C17H36. The molecule has 0 aliphatic carbocycles. The Bertz CT molecular complexity index is 161. The average molecular weight is 240 g/mol. The molecule has 0 aromatic carbocycles. The summed E-state index contributed by atoms with van der Waals surface area (Å²) in [5.41, 5.74) is 0. The van der Waals surface area contributed by atoms with E-state index in [1.807, 2.05) is 0 Å². The van der Waals surface area contributed by atoms with Gasteiger partial charge in [0.25, 0.3) is 0 Å². The molecule has 0 amide bonds. The smallest absolute Gasteiger partial charge is 0.0365 e. The van der Waals surface area contributed by atoms with Crippen molar-refractivity contribution < 1.29 is 0 Å². The van der Waals surface area contributed by atoms with Crippen LogP contribution in [0.2, 0.25) is 0 Å². The fourth-order valence-electron chi connectivity index (χ4n) is 3.13. The minimum Gasteiger partial charge on any atom is -0.0654 e. The Morgan fingerprint density at radius 3 is 1.82 bits per heavy atom. The molecule has 0 aromatic rings. The van der Waals surface area contributed by atoms with Crippen LogP contribution in [0.5, 0.6) is 0 Å². The fraction of sp³-hybridized carbons (Fsp3) is 1.00. The summed E-state index contributed by atoms with van der Waals surface area (Å²) in [6.07, 6.45) is 9.78. The predicted molar refractivity (Wildman–Crippen MR) is 80.3 cm³/mol. The lowest BCUT2D eigenvalue weighted by Crippen LogP contribution is -2.19. The number of hydrogen-bond donors (Lipinski definition) is 0. The normalized spacial score (nSPS) is 18.7. The molecule has 0 radical (unpaired) electrons. The number of hydrogen-bond acceptors (Lipinski definition) is 0. The van der Waals surface area contributed by atoms with Crippen LogP contribution in [-0.4, -0.2) is 0 Å². The van der Waals surface area contributed by atoms with Gasteiger partial charge in [-0.15, -0.1) is 0 Å². The summed E-state index contributed by atoms with van der Waals surface area (Å²) in [7, 11) is 0. The van der Waals surface area contributed by atoms with Gasteiger partial charge in [-0.25, -0.2) is 0 Å². The molecule has 0 aliphatic heterocycles. The summed E-state index contributed by atoms with van der Waals surface area (Å²) in [6, 6.07) is 0. The van der Waals surface area contributed by atoms with Crippen LogP contribution in [0.1, 0.15) is 86.5 Å². The first-order valence-electron chi connectivity index (χ1n) is 8.06. The lowest BCUT2D eigenvalue weighted by Gasteiger charge is -2.29. The van der Waals surface area contributed by atoms with Gasteiger partial charge in [0.2, 0.25) is 0 Å². The van der Waals surface area contributed by atoms with Crippen molar-refractivity contribution in [3.8, 4) is 0 Å². The van der Waals surface area contributed by atoms with Crippen LogP contribution >= 0.6 is 0 Å². The minimum absolute atomic E-state index is 0.904. The van der Waals surface area contributed by atoms with E-state index in [0.29, 0.717) is 0 Å². The van der Waals surface area contributed by atoms with E-state index in [0.717, 1.165) is 23.7 Å². The van der Waals surface area contributed by atoms with Gasteiger partial charge in [-0.2, -0.15) is 0 Å². The molecule has 0 rings (SSSR count). The lowest BCUT2D eigenvalue weighted by atomic mass is 9.77. The van der Waals surface area contributed by atoms with Gasteiger partial charge in [0.15, 0.2) is 0 Å². The average Bonchev–Trinajstić information content (AvgIpc) is 2.34. The van der Waals surface area contributed by atoms with Crippen molar-refractivity contribution in [3.05, 3.63) is 0 Å². The maximum Gasteiger partial charge on any atom is -0.0365 e. The van der Waals surface area contributed by atoms with Crippen molar-refractivity contribution in [3.63, 3.8) is 0 Å². The van der Waals surface area contributed by atoms with E-state index in [2.05, 4.69) is 41.5 Å². The predicted octanol–water partition coefficient (Wildman–Crippen LogP) is 6.30. The summed E-state index contributed by atoms with van der Waals surface area (Å²) >= 11 is 0. The van der Waals surface area contributed by atoms with Crippen LogP contribution < -0.4 is 0 Å². The van der Waals surface area contributed by atoms with E-state index in [4.69, 9.17) is 0 Å². The van der Waals surface area contributed by atoms with E-state index in [1.54, 1.807) is 0 Å². The van der Waals surface area contributed by atoms with Gasteiger partial charge < -0.3 is 0 Å². The van der Waals surface area contributed by atoms with Crippen molar-refractivity contribution in [2.45, 2.75) is 86.5 Å². The molecule has 0 aromatic heterocycles. The van der Waals surface area contributed by atoms with E-state index in [9.17, 15) is 0 Å². The first-order chi connectivity index (χ1) is 8.06. The summed E-state index contributed by atoms with van der Waals surface area (Å²) in [6.45, 7) is 14.4. The van der Waals surface area contributed by atoms with Gasteiger partial charge in [0.1, 0.15) is 0 Å². The Balaban J connectivity index is 3.92. The van der Waals surface area contributed by atoms with Crippen LogP contribution in [0.25, 0.3) is 0 Å². The van der Waals surface area contributed by atoms with Crippen molar-refractivity contribution in [2.75, 3.05) is 0 Å². The summed E-state index contributed by atoms with van der Waals surface area (Å²) in [5, 5.41) is 0. The van der Waals surface area contributed by atoms with Gasteiger partial charge in [-0.1, -0.05) is 86.5 Å². The van der Waals surface area contributed by atoms with Crippen LogP contribution in [0.3, 0.4) is 0 Å². The molecule has 0 N–H and O–H groups in total. The van der Waals surface area contributed by atoms with Gasteiger partial charge in [0.05, 0.1) is 0 Å². The van der Waals surface area contributed by atoms with E-state index in [-0.39, 0.29) is 0 Å². The molecule has 0 aliphatic rings. The zero-order chi connectivity index (χ0) is 13.3. The molecule has 0 saturated heterocycles. The number of rotatable bonds is 10. The van der Waals surface area contributed by atoms with Crippen molar-refractivity contribution in [1.82, 2.24) is 0 Å². The van der Waals surface area contributed by atoms with Crippen LogP contribution in [-0.2, 0) is 0 Å². The van der Waals surface area contributed by atoms with Gasteiger partial charge in [-0.05, 0) is 23.7 Å². The van der Waals surface area contributed by atoms with Crippen LogP contribution in [0, 0.1) is 23.7 Å². The summed E-state index contributed by atoms with van der Waals surface area (Å²) in [4.78, 5) is 0. The minimum atomic E-state index is 0.904. The highest BCUT2D eigenvalue weighted by Gasteiger charge is 2.20.